The largest absolute Gasteiger partial charge is 0.314 e. The Hall–Kier alpha value is -0.930. The first kappa shape index (κ1) is 11.6. The fraction of sp³-hybridized carbons (Fsp3) is 0.615. The third kappa shape index (κ3) is 3.03. The number of hydrogen-bond acceptors (Lipinski definition) is 3. The van der Waals surface area contributed by atoms with Gasteiger partial charge in [0.25, 0.3) is 0 Å². The van der Waals surface area contributed by atoms with E-state index in [0.717, 1.165) is 25.9 Å². The van der Waals surface area contributed by atoms with Crippen LogP contribution in [-0.2, 0) is 12.8 Å². The maximum Gasteiger partial charge on any atom is 0.0303 e. The molecule has 0 amide bonds. The molecule has 1 N–H and O–H groups in total. The number of nitrogens with one attached hydrogen (secondary N) is 1. The summed E-state index contributed by atoms with van der Waals surface area (Å²) in [6, 6.07) is 2.15. The molecule has 3 nitrogen and oxygen atoms in total. The van der Waals surface area contributed by atoms with Gasteiger partial charge in [0.2, 0.25) is 0 Å². The van der Waals surface area contributed by atoms with Crippen molar-refractivity contribution in [2.75, 3.05) is 32.7 Å². The van der Waals surface area contributed by atoms with Gasteiger partial charge in [0.1, 0.15) is 0 Å². The Labute approximate surface area is 97.9 Å². The molecule has 1 aromatic rings. The molecule has 0 aromatic carbocycles. The van der Waals surface area contributed by atoms with E-state index < -0.39 is 0 Å². The van der Waals surface area contributed by atoms with Gasteiger partial charge in [0, 0.05) is 45.1 Å². The summed E-state index contributed by atoms with van der Waals surface area (Å²) in [5, 5.41) is 3.38. The molecule has 0 bridgehead atoms. The molecule has 0 saturated carbocycles. The Kier molecular flexibility index (Phi) is 4.31. The van der Waals surface area contributed by atoms with E-state index in [2.05, 4.69) is 28.2 Å². The third-order valence-corrected chi connectivity index (χ3v) is 3.29. The van der Waals surface area contributed by atoms with Gasteiger partial charge in [0.05, 0.1) is 0 Å². The standard InChI is InChI=1S/C13H21N3/c1-2-12-3-5-15-11-13(12)4-8-16-9-6-14-7-10-16/h3,5,11,14H,2,4,6-10H2,1H3. The molecule has 0 aliphatic carbocycles. The second-order valence-corrected chi connectivity index (χ2v) is 4.34. The second-order valence-electron chi connectivity index (χ2n) is 4.34. The van der Waals surface area contributed by atoms with Crippen LogP contribution in [0.4, 0.5) is 0 Å². The van der Waals surface area contributed by atoms with Gasteiger partial charge in [-0.15, -0.1) is 0 Å². The van der Waals surface area contributed by atoms with Crippen molar-refractivity contribution in [3.63, 3.8) is 0 Å². The number of aryl methyl sites for hydroxylation is 1. The van der Waals surface area contributed by atoms with Crippen LogP contribution in [0, 0.1) is 0 Å². The summed E-state index contributed by atoms with van der Waals surface area (Å²) >= 11 is 0. The Morgan fingerprint density at radius 3 is 2.88 bits per heavy atom. The predicted molar refractivity (Wildman–Crippen MR) is 66.6 cm³/mol. The van der Waals surface area contributed by atoms with Crippen LogP contribution in [0.25, 0.3) is 0 Å². The molecule has 2 rings (SSSR count). The van der Waals surface area contributed by atoms with E-state index in [1.165, 1.54) is 30.8 Å². The van der Waals surface area contributed by atoms with Gasteiger partial charge in [0.15, 0.2) is 0 Å². The van der Waals surface area contributed by atoms with E-state index in [-0.39, 0.29) is 0 Å². The molecule has 88 valence electrons. The molecule has 1 aromatic heterocycles. The first-order valence-electron chi connectivity index (χ1n) is 6.25. The number of pyridine rings is 1. The Bertz CT molecular complexity index is 319. The highest BCUT2D eigenvalue weighted by molar-refractivity contribution is 5.23. The summed E-state index contributed by atoms with van der Waals surface area (Å²) in [4.78, 5) is 6.76. The smallest absolute Gasteiger partial charge is 0.0303 e. The zero-order chi connectivity index (χ0) is 11.2. The van der Waals surface area contributed by atoms with E-state index in [1.54, 1.807) is 0 Å². The normalized spacial score (nSPS) is 17.6. The van der Waals surface area contributed by atoms with Gasteiger partial charge >= 0.3 is 0 Å². The van der Waals surface area contributed by atoms with Crippen molar-refractivity contribution in [2.45, 2.75) is 19.8 Å². The van der Waals surface area contributed by atoms with Crippen molar-refractivity contribution in [3.8, 4) is 0 Å². The average Bonchev–Trinajstić information content (AvgIpc) is 2.38. The number of nitrogens with zero attached hydrogens (tertiary/aromatic N) is 2. The summed E-state index contributed by atoms with van der Waals surface area (Å²) in [5.41, 5.74) is 2.87. The molecule has 1 fully saturated rings. The highest BCUT2D eigenvalue weighted by Gasteiger charge is 2.09. The molecular weight excluding hydrogens is 198 g/mol. The van der Waals surface area contributed by atoms with Crippen LogP contribution in [0.1, 0.15) is 18.1 Å². The fourth-order valence-corrected chi connectivity index (χ4v) is 2.24. The van der Waals surface area contributed by atoms with Crippen molar-refractivity contribution in [3.05, 3.63) is 29.6 Å². The molecular formula is C13H21N3. The van der Waals surface area contributed by atoms with Crippen LogP contribution in [-0.4, -0.2) is 42.6 Å². The minimum absolute atomic E-state index is 1.11. The van der Waals surface area contributed by atoms with Crippen LogP contribution >= 0.6 is 0 Å². The lowest BCUT2D eigenvalue weighted by Gasteiger charge is -2.27. The zero-order valence-electron chi connectivity index (χ0n) is 10.1. The summed E-state index contributed by atoms with van der Waals surface area (Å²) < 4.78 is 0. The number of aromatic nitrogens is 1. The van der Waals surface area contributed by atoms with Gasteiger partial charge in [-0.2, -0.15) is 0 Å². The second kappa shape index (κ2) is 5.97. The van der Waals surface area contributed by atoms with Crippen LogP contribution in [0.5, 0.6) is 0 Å². The van der Waals surface area contributed by atoms with Crippen LogP contribution in [0.15, 0.2) is 18.5 Å². The van der Waals surface area contributed by atoms with Crippen molar-refractivity contribution in [1.82, 2.24) is 15.2 Å². The monoisotopic (exact) mass is 219 g/mol. The molecule has 1 saturated heterocycles. The van der Waals surface area contributed by atoms with Crippen molar-refractivity contribution < 1.29 is 0 Å². The molecule has 0 unspecified atom stereocenters. The summed E-state index contributed by atoms with van der Waals surface area (Å²) in [6.07, 6.45) is 6.17. The molecule has 3 heteroatoms. The van der Waals surface area contributed by atoms with Crippen LogP contribution in [0.3, 0.4) is 0 Å². The summed E-state index contributed by atoms with van der Waals surface area (Å²) in [7, 11) is 0. The van der Waals surface area contributed by atoms with Crippen molar-refractivity contribution in [1.29, 1.82) is 0 Å². The maximum absolute atomic E-state index is 4.23. The van der Waals surface area contributed by atoms with Crippen molar-refractivity contribution >= 4 is 0 Å². The number of hydrogen-bond donors (Lipinski definition) is 1. The molecule has 1 aliphatic heterocycles. The SMILES string of the molecule is CCc1ccncc1CCN1CCNCC1. The number of rotatable bonds is 4. The fourth-order valence-electron chi connectivity index (χ4n) is 2.24. The van der Waals surface area contributed by atoms with Crippen LogP contribution in [0.2, 0.25) is 0 Å². The van der Waals surface area contributed by atoms with Gasteiger partial charge in [-0.05, 0) is 30.0 Å². The Morgan fingerprint density at radius 2 is 2.12 bits per heavy atom. The summed E-state index contributed by atoms with van der Waals surface area (Å²) in [6.45, 7) is 8.01. The highest BCUT2D eigenvalue weighted by Crippen LogP contribution is 2.09. The first-order chi connectivity index (χ1) is 7.90. The van der Waals surface area contributed by atoms with Gasteiger partial charge in [-0.25, -0.2) is 0 Å². The summed E-state index contributed by atoms with van der Waals surface area (Å²) in [5.74, 6) is 0. The topological polar surface area (TPSA) is 28.2 Å². The molecule has 0 radical (unpaired) electrons. The van der Waals surface area contributed by atoms with Gasteiger partial charge in [-0.1, -0.05) is 6.92 Å². The highest BCUT2D eigenvalue weighted by atomic mass is 15.2. The molecule has 16 heavy (non-hydrogen) atoms. The quantitative estimate of drug-likeness (QED) is 0.821. The molecule has 0 atom stereocenters. The molecule has 0 spiro atoms. The minimum atomic E-state index is 1.11. The Morgan fingerprint density at radius 1 is 1.31 bits per heavy atom. The lowest BCUT2D eigenvalue weighted by molar-refractivity contribution is 0.243. The lowest BCUT2D eigenvalue weighted by Crippen LogP contribution is -2.44. The van der Waals surface area contributed by atoms with Crippen LogP contribution < -0.4 is 5.32 Å². The number of piperazine rings is 1. The van der Waals surface area contributed by atoms with Gasteiger partial charge in [-0.3, -0.25) is 4.98 Å². The molecule has 1 aliphatic rings. The zero-order valence-corrected chi connectivity index (χ0v) is 10.1. The van der Waals surface area contributed by atoms with E-state index >= 15 is 0 Å². The predicted octanol–water partition coefficient (Wildman–Crippen LogP) is 1.09. The minimum Gasteiger partial charge on any atom is -0.314 e. The van der Waals surface area contributed by atoms with E-state index in [9.17, 15) is 0 Å². The maximum atomic E-state index is 4.23. The first-order valence-corrected chi connectivity index (χ1v) is 6.25. The molecule has 2 heterocycles. The van der Waals surface area contributed by atoms with E-state index in [4.69, 9.17) is 0 Å². The Balaban J connectivity index is 1.88. The third-order valence-electron chi connectivity index (χ3n) is 3.29. The van der Waals surface area contributed by atoms with Crippen molar-refractivity contribution in [2.24, 2.45) is 0 Å². The lowest BCUT2D eigenvalue weighted by atomic mass is 10.1. The van der Waals surface area contributed by atoms with E-state index in [1.807, 2.05) is 12.4 Å². The average molecular weight is 219 g/mol. The van der Waals surface area contributed by atoms with E-state index in [0.29, 0.717) is 0 Å². The van der Waals surface area contributed by atoms with Gasteiger partial charge < -0.3 is 10.2 Å².